The van der Waals surface area contributed by atoms with Gasteiger partial charge in [0.1, 0.15) is 17.1 Å². The number of amides is 1. The Hall–Kier alpha value is -2.80. The molecule has 0 bridgehead atoms. The number of ketones is 1. The molecule has 2 spiro atoms. The van der Waals surface area contributed by atoms with Gasteiger partial charge in [-0.3, -0.25) is 14.5 Å². The van der Waals surface area contributed by atoms with Crippen molar-refractivity contribution < 1.29 is 14.7 Å². The summed E-state index contributed by atoms with van der Waals surface area (Å²) >= 11 is 8.59. The number of carbonyl (C=O) groups is 2. The second-order valence-electron chi connectivity index (χ2n) is 14.5. The third-order valence-corrected chi connectivity index (χ3v) is 14.2. The first-order valence-electron chi connectivity index (χ1n) is 16.1. The third kappa shape index (κ3) is 3.13. The lowest BCUT2D eigenvalue weighted by molar-refractivity contribution is -0.147. The van der Waals surface area contributed by atoms with Gasteiger partial charge in [0.05, 0.1) is 5.41 Å². The molecular weight excluding hydrogens is 588 g/mol. The van der Waals surface area contributed by atoms with Crippen LogP contribution in [0, 0.1) is 29.6 Å². The van der Waals surface area contributed by atoms with Crippen molar-refractivity contribution in [1.29, 1.82) is 0 Å². The molecule has 3 aromatic carbocycles. The Morgan fingerprint density at radius 3 is 2.73 bits per heavy atom. The van der Waals surface area contributed by atoms with Gasteiger partial charge in [0.2, 0.25) is 0 Å². The first kappa shape index (κ1) is 27.5. The van der Waals surface area contributed by atoms with E-state index < -0.39 is 16.4 Å². The highest BCUT2D eigenvalue weighted by molar-refractivity contribution is 7.99. The number of phenolic OH excluding ortho intramolecular Hbond substituents is 1. The number of carbonyl (C=O) groups excluding carboxylic acids is 2. The molecule has 44 heavy (non-hydrogen) atoms. The van der Waals surface area contributed by atoms with Crippen molar-refractivity contribution in [3.8, 4) is 5.75 Å². The van der Waals surface area contributed by atoms with Crippen LogP contribution in [-0.2, 0) is 21.5 Å². The van der Waals surface area contributed by atoms with E-state index in [0.29, 0.717) is 40.7 Å². The normalized spacial score (nSPS) is 38.4. The zero-order valence-corrected chi connectivity index (χ0v) is 26.7. The van der Waals surface area contributed by atoms with E-state index in [1.807, 2.05) is 42.1 Å². The molecule has 3 aliphatic heterocycles. The highest BCUT2D eigenvalue weighted by atomic mass is 35.5. The molecule has 226 valence electrons. The number of nitrogens with one attached hydrogen (secondary N) is 1. The molecule has 3 heterocycles. The average molecular weight is 625 g/mol. The van der Waals surface area contributed by atoms with Gasteiger partial charge in [-0.15, -0.1) is 11.8 Å². The summed E-state index contributed by atoms with van der Waals surface area (Å²) in [6.07, 6.45) is 4.39. The van der Waals surface area contributed by atoms with E-state index in [-0.39, 0.29) is 23.8 Å². The molecule has 1 unspecified atom stereocenters. The second kappa shape index (κ2) is 9.14. The van der Waals surface area contributed by atoms with Crippen LogP contribution in [0.5, 0.6) is 5.75 Å². The predicted molar refractivity (Wildman–Crippen MR) is 174 cm³/mol. The number of halogens is 1. The number of nitrogens with zero attached hydrogens (tertiary/aromatic N) is 1. The van der Waals surface area contributed by atoms with Crippen molar-refractivity contribution >= 4 is 40.7 Å². The van der Waals surface area contributed by atoms with Gasteiger partial charge in [-0.2, -0.15) is 0 Å². The van der Waals surface area contributed by atoms with Crippen LogP contribution in [0.15, 0.2) is 60.7 Å². The summed E-state index contributed by atoms with van der Waals surface area (Å²) in [7, 11) is 0. The highest BCUT2D eigenvalue weighted by Gasteiger charge is 2.82. The fraction of sp³-hybridized carbons (Fsp3) is 0.459. The quantitative estimate of drug-likeness (QED) is 0.295. The Labute approximate surface area is 267 Å². The molecule has 1 amide bonds. The van der Waals surface area contributed by atoms with Gasteiger partial charge < -0.3 is 10.4 Å². The van der Waals surface area contributed by atoms with Crippen molar-refractivity contribution in [2.45, 2.75) is 69.4 Å². The van der Waals surface area contributed by atoms with Gasteiger partial charge in [0.25, 0.3) is 5.91 Å². The van der Waals surface area contributed by atoms with Crippen LogP contribution < -0.4 is 5.32 Å². The summed E-state index contributed by atoms with van der Waals surface area (Å²) in [6.45, 7) is 4.40. The van der Waals surface area contributed by atoms with Crippen molar-refractivity contribution in [3.63, 3.8) is 0 Å². The number of anilines is 1. The number of fused-ring (bicyclic) bond motifs is 10. The summed E-state index contributed by atoms with van der Waals surface area (Å²) in [5.41, 5.74) is 4.12. The van der Waals surface area contributed by atoms with E-state index in [1.165, 1.54) is 22.3 Å². The molecule has 9 rings (SSSR count). The van der Waals surface area contributed by atoms with Crippen LogP contribution in [0.4, 0.5) is 5.69 Å². The maximum absolute atomic E-state index is 15.9. The lowest BCUT2D eigenvalue weighted by atomic mass is 9.55. The zero-order valence-electron chi connectivity index (χ0n) is 25.1. The number of phenols is 1. The van der Waals surface area contributed by atoms with Gasteiger partial charge >= 0.3 is 0 Å². The standard InChI is InChI=1S/C37H37ClN2O3S/c1-20-5-3-4-6-24(20)32-31-18-44-19-40(31)37(28-16-22(38)8-12-30(28)39-34(37)43)36(32)17-29-27-10-7-21-15-23(41)9-11-25(21)26(27)13-14-35(29,2)33(36)42/h3-6,8-9,11-12,15-16,26-27,29,31-32,41H,7,10,13-14,17-19H2,1-2H3,(H,39,43)/t26-,27-,29+,31?,32+,35+,36+,37-/m1/s1. The molecule has 5 nitrogen and oxygen atoms in total. The Bertz CT molecular complexity index is 1780. The number of aromatic hydroxyl groups is 1. The fourth-order valence-corrected chi connectivity index (χ4v) is 12.8. The molecule has 7 heteroatoms. The smallest absolute Gasteiger partial charge is 0.250 e. The first-order chi connectivity index (χ1) is 21.2. The van der Waals surface area contributed by atoms with E-state index in [2.05, 4.69) is 54.4 Å². The fourth-order valence-electron chi connectivity index (χ4n) is 11.4. The summed E-state index contributed by atoms with van der Waals surface area (Å²) in [5.74, 6) is 2.96. The Balaban J connectivity index is 1.30. The zero-order chi connectivity index (χ0) is 30.2. The maximum atomic E-state index is 15.9. The molecule has 8 atom stereocenters. The summed E-state index contributed by atoms with van der Waals surface area (Å²) < 4.78 is 0. The van der Waals surface area contributed by atoms with E-state index in [0.717, 1.165) is 42.7 Å². The second-order valence-corrected chi connectivity index (χ2v) is 15.9. The van der Waals surface area contributed by atoms with E-state index in [1.54, 1.807) is 0 Å². The van der Waals surface area contributed by atoms with E-state index in [9.17, 15) is 9.90 Å². The lowest BCUT2D eigenvalue weighted by Crippen LogP contribution is -2.59. The number of Topliss-reactive ketones (excluding diaryl/α,β-unsaturated/α-hetero) is 1. The first-order valence-corrected chi connectivity index (χ1v) is 17.6. The minimum atomic E-state index is -1.11. The average Bonchev–Trinajstić information content (AvgIpc) is 3.71. The SMILES string of the molecule is Cc1ccccc1[C@H]1C2CSCN2[C@]2(C(=O)Nc3ccc(Cl)cc32)[C@@]12C[C@H]1[C@@H]3CCc4cc(O)ccc4[C@H]3CC[C@]1(C)C2=O. The topological polar surface area (TPSA) is 69.6 Å². The molecule has 3 aliphatic carbocycles. The van der Waals surface area contributed by atoms with Gasteiger partial charge in [-0.05, 0) is 109 Å². The molecule has 0 radical (unpaired) electrons. The molecule has 4 fully saturated rings. The Morgan fingerprint density at radius 2 is 1.89 bits per heavy atom. The molecule has 0 aromatic heterocycles. The van der Waals surface area contributed by atoms with Crippen LogP contribution >= 0.6 is 23.4 Å². The van der Waals surface area contributed by atoms with Crippen LogP contribution in [0.25, 0.3) is 0 Å². The largest absolute Gasteiger partial charge is 0.508 e. The number of hydrogen-bond acceptors (Lipinski definition) is 5. The third-order valence-electron chi connectivity index (χ3n) is 12.9. The summed E-state index contributed by atoms with van der Waals surface area (Å²) in [5, 5.41) is 14.1. The van der Waals surface area contributed by atoms with Crippen LogP contribution in [0.2, 0.25) is 5.02 Å². The number of rotatable bonds is 1. The van der Waals surface area contributed by atoms with Crippen molar-refractivity contribution in [2.75, 3.05) is 16.9 Å². The highest BCUT2D eigenvalue weighted by Crippen LogP contribution is 2.77. The molecule has 2 saturated carbocycles. The molecule has 3 aromatic rings. The van der Waals surface area contributed by atoms with E-state index in [4.69, 9.17) is 11.6 Å². The van der Waals surface area contributed by atoms with Gasteiger partial charge in [0.15, 0.2) is 0 Å². The number of aryl methyl sites for hydroxylation is 2. The minimum absolute atomic E-state index is 0.0602. The van der Waals surface area contributed by atoms with Crippen molar-refractivity contribution in [3.05, 3.63) is 93.5 Å². The number of thioether (sulfide) groups is 1. The van der Waals surface area contributed by atoms with Crippen LogP contribution in [0.1, 0.15) is 72.3 Å². The molecule has 2 saturated heterocycles. The maximum Gasteiger partial charge on any atom is 0.250 e. The number of hydrogen-bond donors (Lipinski definition) is 2. The Morgan fingerprint density at radius 1 is 1.05 bits per heavy atom. The van der Waals surface area contributed by atoms with Crippen LogP contribution in [0.3, 0.4) is 0 Å². The Kier molecular flexibility index (Phi) is 5.72. The lowest BCUT2D eigenvalue weighted by Gasteiger charge is -2.48. The monoisotopic (exact) mass is 624 g/mol. The van der Waals surface area contributed by atoms with Gasteiger partial charge in [-0.1, -0.05) is 48.9 Å². The summed E-state index contributed by atoms with van der Waals surface area (Å²) in [4.78, 5) is 33.2. The number of benzene rings is 3. The molecule has 6 aliphatic rings. The van der Waals surface area contributed by atoms with Gasteiger partial charge in [-0.25, -0.2) is 0 Å². The van der Waals surface area contributed by atoms with Crippen molar-refractivity contribution in [2.24, 2.45) is 22.7 Å². The van der Waals surface area contributed by atoms with Gasteiger partial charge in [0, 0.05) is 45.3 Å². The van der Waals surface area contributed by atoms with E-state index >= 15 is 4.79 Å². The molecule has 2 N–H and O–H groups in total. The minimum Gasteiger partial charge on any atom is -0.508 e. The predicted octanol–water partition coefficient (Wildman–Crippen LogP) is 7.40. The summed E-state index contributed by atoms with van der Waals surface area (Å²) in [6, 6.07) is 20.3. The van der Waals surface area contributed by atoms with Crippen LogP contribution in [-0.4, -0.2) is 39.4 Å². The van der Waals surface area contributed by atoms with Crippen molar-refractivity contribution in [1.82, 2.24) is 4.90 Å². The molecular formula is C37H37ClN2O3S.